The van der Waals surface area contributed by atoms with Gasteiger partial charge in [-0.25, -0.2) is 4.98 Å². The van der Waals surface area contributed by atoms with Gasteiger partial charge in [-0.1, -0.05) is 18.7 Å². The number of rotatable bonds is 5. The van der Waals surface area contributed by atoms with Crippen LogP contribution in [0, 0.1) is 0 Å². The lowest BCUT2D eigenvalue weighted by Gasteiger charge is -2.15. The Labute approximate surface area is 115 Å². The number of carbonyl (C=O) groups excluding carboxylic acids is 1. The normalized spacial score (nSPS) is 15.1. The van der Waals surface area contributed by atoms with Crippen LogP contribution in [0.25, 0.3) is 0 Å². The van der Waals surface area contributed by atoms with Gasteiger partial charge in [0, 0.05) is 25.6 Å². The number of nitrogens with one attached hydrogen (secondary N) is 1. The van der Waals surface area contributed by atoms with Crippen LogP contribution in [-0.2, 0) is 11.3 Å². The summed E-state index contributed by atoms with van der Waals surface area (Å²) in [7, 11) is 1.58. The summed E-state index contributed by atoms with van der Waals surface area (Å²) in [6.07, 6.45) is 2.11. The van der Waals surface area contributed by atoms with E-state index in [0.29, 0.717) is 18.3 Å². The first kappa shape index (κ1) is 14.1. The van der Waals surface area contributed by atoms with Crippen molar-refractivity contribution in [3.63, 3.8) is 0 Å². The van der Waals surface area contributed by atoms with Crippen molar-refractivity contribution in [2.45, 2.75) is 31.1 Å². The number of hydrogen-bond donors (Lipinski definition) is 1. The first-order chi connectivity index (χ1) is 9.17. The lowest BCUT2D eigenvalue weighted by Crippen LogP contribution is -2.41. The van der Waals surface area contributed by atoms with Gasteiger partial charge in [0.25, 0.3) is 11.5 Å². The van der Waals surface area contributed by atoms with Crippen LogP contribution < -0.4 is 10.9 Å². The molecule has 19 heavy (non-hydrogen) atoms. The number of methoxy groups -OCH3 is 1. The van der Waals surface area contributed by atoms with Gasteiger partial charge in [-0.15, -0.1) is 0 Å². The van der Waals surface area contributed by atoms with Gasteiger partial charge >= 0.3 is 0 Å². The Morgan fingerprint density at radius 3 is 3.16 bits per heavy atom. The molecule has 7 heteroatoms. The Hall–Kier alpha value is -1.34. The minimum absolute atomic E-state index is 0.0930. The van der Waals surface area contributed by atoms with E-state index in [1.54, 1.807) is 11.7 Å². The molecular weight excluding hydrogens is 266 g/mol. The molecule has 1 aliphatic rings. The van der Waals surface area contributed by atoms with Crippen molar-refractivity contribution in [2.24, 2.45) is 0 Å². The highest BCUT2D eigenvalue weighted by Crippen LogP contribution is 2.20. The lowest BCUT2D eigenvalue weighted by molar-refractivity contribution is 0.0891. The van der Waals surface area contributed by atoms with E-state index >= 15 is 0 Å². The van der Waals surface area contributed by atoms with Crippen molar-refractivity contribution in [2.75, 3.05) is 19.5 Å². The maximum atomic E-state index is 12.1. The van der Waals surface area contributed by atoms with Crippen molar-refractivity contribution >= 4 is 17.7 Å². The molecule has 0 saturated carbocycles. The minimum Gasteiger partial charge on any atom is -0.383 e. The highest BCUT2D eigenvalue weighted by molar-refractivity contribution is 7.99. The fourth-order valence-electron chi connectivity index (χ4n) is 1.90. The van der Waals surface area contributed by atoms with Crippen molar-refractivity contribution in [3.05, 3.63) is 22.1 Å². The molecule has 1 N–H and O–H groups in total. The van der Waals surface area contributed by atoms with Gasteiger partial charge in [0.05, 0.1) is 12.6 Å². The second-order valence-electron chi connectivity index (χ2n) is 4.29. The van der Waals surface area contributed by atoms with Crippen LogP contribution in [-0.4, -0.2) is 41.0 Å². The summed E-state index contributed by atoms with van der Waals surface area (Å²) in [6.45, 7) is 2.99. The molecule has 1 atom stereocenters. The van der Waals surface area contributed by atoms with E-state index in [4.69, 9.17) is 4.74 Å². The van der Waals surface area contributed by atoms with Gasteiger partial charge in [-0.3, -0.25) is 14.2 Å². The highest BCUT2D eigenvalue weighted by atomic mass is 32.2. The van der Waals surface area contributed by atoms with Crippen LogP contribution in [0.1, 0.15) is 23.7 Å². The third-order valence-corrected chi connectivity index (χ3v) is 3.97. The number of hydrogen-bond acceptors (Lipinski definition) is 5. The Balaban J connectivity index is 2.18. The molecule has 1 aromatic rings. The standard InChI is InChI=1S/C12H17N3O3S/c1-3-8(7-18-2)14-10(16)9-6-13-12-15(11(9)17)4-5-19-12/h6,8H,3-5,7H2,1-2H3,(H,14,16). The monoisotopic (exact) mass is 283 g/mol. The molecule has 0 saturated heterocycles. The maximum absolute atomic E-state index is 12.1. The van der Waals surface area contributed by atoms with Crippen LogP contribution >= 0.6 is 11.8 Å². The fraction of sp³-hybridized carbons (Fsp3) is 0.583. The van der Waals surface area contributed by atoms with Gasteiger partial charge in [0.1, 0.15) is 5.56 Å². The SMILES string of the molecule is CCC(COC)NC(=O)c1cnc2n(c1=O)CCS2. The molecule has 1 aliphatic heterocycles. The number of nitrogens with zero attached hydrogens (tertiary/aromatic N) is 2. The number of carbonyl (C=O) groups is 1. The molecule has 0 spiro atoms. The van der Waals surface area contributed by atoms with Crippen LogP contribution in [0.2, 0.25) is 0 Å². The Morgan fingerprint density at radius 2 is 2.47 bits per heavy atom. The first-order valence-electron chi connectivity index (χ1n) is 6.19. The van der Waals surface area contributed by atoms with Crippen molar-refractivity contribution in [1.29, 1.82) is 0 Å². The van der Waals surface area contributed by atoms with E-state index in [2.05, 4.69) is 10.3 Å². The largest absolute Gasteiger partial charge is 0.383 e. The minimum atomic E-state index is -0.381. The van der Waals surface area contributed by atoms with Gasteiger partial charge < -0.3 is 10.1 Å². The molecule has 104 valence electrons. The maximum Gasteiger partial charge on any atom is 0.267 e. The molecule has 1 unspecified atom stereocenters. The van der Waals surface area contributed by atoms with Crippen molar-refractivity contribution in [1.82, 2.24) is 14.9 Å². The smallest absolute Gasteiger partial charge is 0.267 e. The van der Waals surface area contributed by atoms with E-state index in [1.165, 1.54) is 18.0 Å². The van der Waals surface area contributed by atoms with Crippen molar-refractivity contribution in [3.8, 4) is 0 Å². The predicted molar refractivity (Wildman–Crippen MR) is 72.6 cm³/mol. The van der Waals surface area contributed by atoms with Gasteiger partial charge in [-0.05, 0) is 6.42 Å². The number of thioether (sulfide) groups is 1. The fourth-order valence-corrected chi connectivity index (χ4v) is 2.81. The summed E-state index contributed by atoms with van der Waals surface area (Å²) >= 11 is 1.53. The quantitative estimate of drug-likeness (QED) is 0.797. The summed E-state index contributed by atoms with van der Waals surface area (Å²) < 4.78 is 6.57. The molecule has 1 amide bonds. The van der Waals surface area contributed by atoms with Gasteiger partial charge in [0.15, 0.2) is 5.16 Å². The number of fused-ring (bicyclic) bond motifs is 1. The zero-order valence-corrected chi connectivity index (χ0v) is 11.8. The Kier molecular flexibility index (Phi) is 4.60. The van der Waals surface area contributed by atoms with Gasteiger partial charge in [-0.2, -0.15) is 0 Å². The average Bonchev–Trinajstić information content (AvgIpc) is 2.87. The summed E-state index contributed by atoms with van der Waals surface area (Å²) in [6, 6.07) is -0.0930. The molecule has 0 bridgehead atoms. The summed E-state index contributed by atoms with van der Waals surface area (Å²) in [5, 5.41) is 3.48. The van der Waals surface area contributed by atoms with Gasteiger partial charge in [0.2, 0.25) is 0 Å². The zero-order chi connectivity index (χ0) is 13.8. The predicted octanol–water partition coefficient (Wildman–Crippen LogP) is 0.504. The van der Waals surface area contributed by atoms with Crippen molar-refractivity contribution < 1.29 is 9.53 Å². The topological polar surface area (TPSA) is 73.2 Å². The summed E-state index contributed by atoms with van der Waals surface area (Å²) in [5.41, 5.74) is -0.166. The first-order valence-corrected chi connectivity index (χ1v) is 7.18. The number of amides is 1. The molecule has 0 radical (unpaired) electrons. The lowest BCUT2D eigenvalue weighted by atomic mass is 10.2. The third-order valence-electron chi connectivity index (χ3n) is 3.00. The average molecular weight is 283 g/mol. The van der Waals surface area contributed by atoms with Crippen LogP contribution in [0.4, 0.5) is 0 Å². The second-order valence-corrected chi connectivity index (χ2v) is 5.36. The Bertz CT molecular complexity index is 529. The van der Waals surface area contributed by atoms with Crippen LogP contribution in [0.15, 0.2) is 16.1 Å². The Morgan fingerprint density at radius 1 is 1.68 bits per heavy atom. The molecular formula is C12H17N3O3S. The summed E-state index contributed by atoms with van der Waals surface area (Å²) in [5.74, 6) is 0.447. The molecule has 0 aliphatic carbocycles. The molecule has 0 aromatic carbocycles. The molecule has 2 rings (SSSR count). The molecule has 1 aromatic heterocycles. The summed E-state index contributed by atoms with van der Waals surface area (Å²) in [4.78, 5) is 28.4. The van der Waals surface area contributed by atoms with E-state index < -0.39 is 0 Å². The number of aromatic nitrogens is 2. The van der Waals surface area contributed by atoms with Crippen LogP contribution in [0.3, 0.4) is 0 Å². The number of ether oxygens (including phenoxy) is 1. The van der Waals surface area contributed by atoms with Crippen LogP contribution in [0.5, 0.6) is 0 Å². The molecule has 6 nitrogen and oxygen atoms in total. The van der Waals surface area contributed by atoms with E-state index in [9.17, 15) is 9.59 Å². The van der Waals surface area contributed by atoms with E-state index in [0.717, 1.165) is 12.2 Å². The third kappa shape index (κ3) is 2.98. The second kappa shape index (κ2) is 6.21. The van der Waals surface area contributed by atoms with E-state index in [-0.39, 0.29) is 23.1 Å². The molecule has 2 heterocycles. The zero-order valence-electron chi connectivity index (χ0n) is 11.0. The van der Waals surface area contributed by atoms with E-state index in [1.807, 2.05) is 6.92 Å². The highest BCUT2D eigenvalue weighted by Gasteiger charge is 2.21. The molecule has 0 fully saturated rings.